The summed E-state index contributed by atoms with van der Waals surface area (Å²) >= 11 is 0. The Morgan fingerprint density at radius 1 is 1.14 bits per heavy atom. The van der Waals surface area contributed by atoms with Gasteiger partial charge in [-0.25, -0.2) is 0 Å². The molecule has 22 heavy (non-hydrogen) atoms. The molecule has 0 amide bonds. The largest absolute Gasteiger partial charge is 0.481 e. The molecule has 5 unspecified atom stereocenters. The monoisotopic (exact) mass is 306 g/mol. The maximum absolute atomic E-state index is 11.7. The summed E-state index contributed by atoms with van der Waals surface area (Å²) in [5.41, 5.74) is 0. The van der Waals surface area contributed by atoms with Gasteiger partial charge in [0.05, 0.1) is 5.92 Å². The van der Waals surface area contributed by atoms with Crippen LogP contribution in [0.1, 0.15) is 78.1 Å². The molecule has 2 heteroatoms. The highest BCUT2D eigenvalue weighted by atomic mass is 16.4. The molecule has 0 aliphatic heterocycles. The van der Waals surface area contributed by atoms with E-state index >= 15 is 0 Å². The first-order valence-electron chi connectivity index (χ1n) is 9.53. The highest BCUT2D eigenvalue weighted by Gasteiger charge is 2.42. The SMILES string of the molecule is CCCCCCCCC(C)CC(C(=O)O)C1CC2C=CC1C2. The third kappa shape index (κ3) is 4.86. The molecule has 0 spiro atoms. The maximum atomic E-state index is 11.7. The van der Waals surface area contributed by atoms with Crippen molar-refractivity contribution in [3.8, 4) is 0 Å². The summed E-state index contributed by atoms with van der Waals surface area (Å²) < 4.78 is 0. The van der Waals surface area contributed by atoms with Crippen molar-refractivity contribution < 1.29 is 9.90 Å². The Labute approximate surface area is 136 Å². The molecule has 0 aromatic rings. The Morgan fingerprint density at radius 3 is 2.45 bits per heavy atom. The van der Waals surface area contributed by atoms with E-state index in [9.17, 15) is 9.90 Å². The minimum Gasteiger partial charge on any atom is -0.481 e. The normalized spacial score (nSPS) is 28.9. The number of carbonyl (C=O) groups is 1. The van der Waals surface area contributed by atoms with Crippen LogP contribution in [0, 0.1) is 29.6 Å². The standard InChI is InChI=1S/C20H34O2/c1-3-4-5-6-7-8-9-15(2)12-19(20(21)22)18-14-16-10-11-17(18)13-16/h10-11,15-19H,3-9,12-14H2,1-2H3,(H,21,22). The van der Waals surface area contributed by atoms with E-state index in [1.807, 2.05) is 0 Å². The summed E-state index contributed by atoms with van der Waals surface area (Å²) in [6.07, 6.45) is 16.9. The summed E-state index contributed by atoms with van der Waals surface area (Å²) in [6, 6.07) is 0. The van der Waals surface area contributed by atoms with Gasteiger partial charge in [-0.15, -0.1) is 0 Å². The van der Waals surface area contributed by atoms with Gasteiger partial charge in [-0.1, -0.05) is 70.9 Å². The van der Waals surface area contributed by atoms with Crippen molar-refractivity contribution in [3.63, 3.8) is 0 Å². The van der Waals surface area contributed by atoms with Gasteiger partial charge in [0.25, 0.3) is 0 Å². The summed E-state index contributed by atoms with van der Waals surface area (Å²) in [5, 5.41) is 9.66. The van der Waals surface area contributed by atoms with Gasteiger partial charge >= 0.3 is 5.97 Å². The van der Waals surface area contributed by atoms with Crippen LogP contribution in [0.5, 0.6) is 0 Å². The number of carboxylic acid groups (broad SMARTS) is 1. The predicted molar refractivity (Wildman–Crippen MR) is 91.7 cm³/mol. The number of unbranched alkanes of at least 4 members (excludes halogenated alkanes) is 5. The molecule has 2 bridgehead atoms. The Bertz CT molecular complexity index is 374. The highest BCUT2D eigenvalue weighted by Crippen LogP contribution is 2.48. The number of hydrogen-bond donors (Lipinski definition) is 1. The maximum Gasteiger partial charge on any atom is 0.306 e. The minimum absolute atomic E-state index is 0.116. The molecule has 0 heterocycles. The van der Waals surface area contributed by atoms with Crippen LogP contribution < -0.4 is 0 Å². The van der Waals surface area contributed by atoms with E-state index in [0.717, 1.165) is 12.8 Å². The third-order valence-corrected chi connectivity index (χ3v) is 5.87. The lowest BCUT2D eigenvalue weighted by Crippen LogP contribution is -2.28. The van der Waals surface area contributed by atoms with E-state index < -0.39 is 5.97 Å². The van der Waals surface area contributed by atoms with Crippen LogP contribution in [0.25, 0.3) is 0 Å². The van der Waals surface area contributed by atoms with Crippen molar-refractivity contribution in [2.75, 3.05) is 0 Å². The zero-order valence-corrected chi connectivity index (χ0v) is 14.5. The van der Waals surface area contributed by atoms with Crippen molar-refractivity contribution in [3.05, 3.63) is 12.2 Å². The molecule has 1 N–H and O–H groups in total. The van der Waals surface area contributed by atoms with Crippen molar-refractivity contribution in [2.24, 2.45) is 29.6 Å². The van der Waals surface area contributed by atoms with E-state index in [0.29, 0.717) is 23.7 Å². The average molecular weight is 306 g/mol. The third-order valence-electron chi connectivity index (χ3n) is 5.87. The van der Waals surface area contributed by atoms with Crippen LogP contribution in [0.2, 0.25) is 0 Å². The number of rotatable bonds is 11. The van der Waals surface area contributed by atoms with Crippen LogP contribution in [0.3, 0.4) is 0 Å². The molecule has 2 aliphatic carbocycles. The molecular formula is C20H34O2. The molecule has 2 rings (SSSR count). The lowest BCUT2D eigenvalue weighted by Gasteiger charge is -2.27. The Morgan fingerprint density at radius 2 is 1.86 bits per heavy atom. The average Bonchev–Trinajstić information content (AvgIpc) is 3.10. The molecule has 2 aliphatic rings. The van der Waals surface area contributed by atoms with Gasteiger partial charge in [-0.05, 0) is 42.9 Å². The fourth-order valence-corrected chi connectivity index (χ4v) is 4.57. The fraction of sp³-hybridized carbons (Fsp3) is 0.850. The molecule has 126 valence electrons. The minimum atomic E-state index is -0.555. The van der Waals surface area contributed by atoms with Gasteiger partial charge in [0.15, 0.2) is 0 Å². The highest BCUT2D eigenvalue weighted by molar-refractivity contribution is 5.70. The van der Waals surface area contributed by atoms with Crippen molar-refractivity contribution in [1.82, 2.24) is 0 Å². The Balaban J connectivity index is 1.69. The fourth-order valence-electron chi connectivity index (χ4n) is 4.57. The molecule has 0 radical (unpaired) electrons. The zero-order chi connectivity index (χ0) is 15.9. The second kappa shape index (κ2) is 8.74. The van der Waals surface area contributed by atoms with E-state index in [2.05, 4.69) is 26.0 Å². The molecule has 0 aromatic carbocycles. The smallest absolute Gasteiger partial charge is 0.306 e. The second-order valence-electron chi connectivity index (χ2n) is 7.79. The molecule has 5 atom stereocenters. The first kappa shape index (κ1) is 17.6. The van der Waals surface area contributed by atoms with Gasteiger partial charge in [0.1, 0.15) is 0 Å². The van der Waals surface area contributed by atoms with Crippen LogP contribution >= 0.6 is 0 Å². The molecule has 1 saturated carbocycles. The number of hydrogen-bond acceptors (Lipinski definition) is 1. The number of allylic oxidation sites excluding steroid dienone is 2. The van der Waals surface area contributed by atoms with Gasteiger partial charge < -0.3 is 5.11 Å². The predicted octanol–water partition coefficient (Wildman–Crippen LogP) is 5.68. The van der Waals surface area contributed by atoms with Crippen LogP contribution in [0.15, 0.2) is 12.2 Å². The first-order chi connectivity index (χ1) is 10.6. The second-order valence-corrected chi connectivity index (χ2v) is 7.79. The lowest BCUT2D eigenvalue weighted by atomic mass is 9.77. The van der Waals surface area contributed by atoms with Crippen molar-refractivity contribution >= 4 is 5.97 Å². The molecule has 2 nitrogen and oxygen atoms in total. The van der Waals surface area contributed by atoms with Gasteiger partial charge in [-0.3, -0.25) is 4.79 Å². The summed E-state index contributed by atoms with van der Waals surface area (Å²) in [7, 11) is 0. The topological polar surface area (TPSA) is 37.3 Å². The van der Waals surface area contributed by atoms with E-state index in [4.69, 9.17) is 0 Å². The van der Waals surface area contributed by atoms with Crippen LogP contribution in [-0.4, -0.2) is 11.1 Å². The number of fused-ring (bicyclic) bond motifs is 2. The first-order valence-corrected chi connectivity index (χ1v) is 9.53. The summed E-state index contributed by atoms with van der Waals surface area (Å²) in [4.78, 5) is 11.7. The van der Waals surface area contributed by atoms with Crippen molar-refractivity contribution in [1.29, 1.82) is 0 Å². The van der Waals surface area contributed by atoms with E-state index in [-0.39, 0.29) is 5.92 Å². The number of carboxylic acids is 1. The number of aliphatic carboxylic acids is 1. The van der Waals surface area contributed by atoms with Crippen LogP contribution in [-0.2, 0) is 4.79 Å². The molecule has 1 fully saturated rings. The van der Waals surface area contributed by atoms with Gasteiger partial charge in [0.2, 0.25) is 0 Å². The zero-order valence-electron chi connectivity index (χ0n) is 14.5. The summed E-state index contributed by atoms with van der Waals surface area (Å²) in [6.45, 7) is 4.50. The summed E-state index contributed by atoms with van der Waals surface area (Å²) in [5.74, 6) is 1.50. The molecular weight excluding hydrogens is 272 g/mol. The Kier molecular flexibility index (Phi) is 6.98. The Hall–Kier alpha value is -0.790. The lowest BCUT2D eigenvalue weighted by molar-refractivity contribution is -0.144. The quantitative estimate of drug-likeness (QED) is 0.394. The van der Waals surface area contributed by atoms with E-state index in [1.54, 1.807) is 0 Å². The van der Waals surface area contributed by atoms with Gasteiger partial charge in [0, 0.05) is 0 Å². The molecule has 0 aromatic heterocycles. The van der Waals surface area contributed by atoms with Crippen LogP contribution in [0.4, 0.5) is 0 Å². The van der Waals surface area contributed by atoms with Gasteiger partial charge in [-0.2, -0.15) is 0 Å². The van der Waals surface area contributed by atoms with E-state index in [1.165, 1.54) is 51.4 Å². The molecule has 0 saturated heterocycles. The van der Waals surface area contributed by atoms with Crippen molar-refractivity contribution in [2.45, 2.75) is 78.1 Å².